The molecule has 1 fully saturated rings. The molecule has 12 nitrogen and oxygen atoms in total. The predicted octanol–water partition coefficient (Wildman–Crippen LogP) is 3.77. The first-order chi connectivity index (χ1) is 16.2. The molecule has 0 unspecified atom stereocenters. The van der Waals surface area contributed by atoms with Crippen LogP contribution in [0.4, 0.5) is 10.6 Å². The van der Waals surface area contributed by atoms with Gasteiger partial charge >= 0.3 is 6.09 Å². The summed E-state index contributed by atoms with van der Waals surface area (Å²) in [5.41, 5.74) is 9.65. The molecule has 0 bridgehead atoms. The van der Waals surface area contributed by atoms with Gasteiger partial charge in [0.1, 0.15) is 11.9 Å². The third kappa shape index (κ3) is 5.07. The van der Waals surface area contributed by atoms with Crippen molar-refractivity contribution in [2.75, 3.05) is 11.9 Å². The minimum atomic E-state index is -0.654. The maximum absolute atomic E-state index is 12.8. The van der Waals surface area contributed by atoms with Crippen LogP contribution >= 0.6 is 0 Å². The maximum Gasteiger partial charge on any atom is 0.410 e. The van der Waals surface area contributed by atoms with Crippen molar-refractivity contribution in [3.63, 3.8) is 0 Å². The van der Waals surface area contributed by atoms with Gasteiger partial charge in [-0.2, -0.15) is 0 Å². The monoisotopic (exact) mass is 463 g/mol. The number of rotatable bonds is 5. The molecular formula is C22H25N9O3. The van der Waals surface area contributed by atoms with E-state index < -0.39 is 11.7 Å². The van der Waals surface area contributed by atoms with Crippen LogP contribution in [-0.2, 0) is 11.3 Å². The third-order valence-electron chi connectivity index (χ3n) is 5.31. The van der Waals surface area contributed by atoms with Crippen LogP contribution in [0, 0.1) is 0 Å². The SMILES string of the molecule is CC(C)(C)OC(=O)N1C[C@@H](N=[N+]=[N-])C[C@@H]1Cn1cnc2c(NC(=O)c3ccccc3)ncnc21. The molecule has 1 saturated heterocycles. The lowest BCUT2D eigenvalue weighted by Crippen LogP contribution is -2.41. The molecule has 34 heavy (non-hydrogen) atoms. The summed E-state index contributed by atoms with van der Waals surface area (Å²) in [5.74, 6) is -0.0146. The molecule has 0 saturated carbocycles. The fraction of sp³-hybridized carbons (Fsp3) is 0.409. The maximum atomic E-state index is 12.8. The van der Waals surface area contributed by atoms with Crippen molar-refractivity contribution in [3.8, 4) is 0 Å². The van der Waals surface area contributed by atoms with Crippen molar-refractivity contribution >= 4 is 29.0 Å². The van der Waals surface area contributed by atoms with Gasteiger partial charge in [0.2, 0.25) is 0 Å². The van der Waals surface area contributed by atoms with Crippen LogP contribution in [0.3, 0.4) is 0 Å². The summed E-state index contributed by atoms with van der Waals surface area (Å²) in [6.07, 6.45) is 2.95. The van der Waals surface area contributed by atoms with Crippen LogP contribution in [0.1, 0.15) is 37.6 Å². The van der Waals surface area contributed by atoms with E-state index in [-0.39, 0.29) is 24.5 Å². The van der Waals surface area contributed by atoms with Crippen molar-refractivity contribution in [1.29, 1.82) is 0 Å². The van der Waals surface area contributed by atoms with Crippen molar-refractivity contribution in [2.45, 2.75) is 51.4 Å². The summed E-state index contributed by atoms with van der Waals surface area (Å²) < 4.78 is 7.33. The number of fused-ring (bicyclic) bond motifs is 1. The average molecular weight is 464 g/mol. The van der Waals surface area contributed by atoms with E-state index >= 15 is 0 Å². The summed E-state index contributed by atoms with van der Waals surface area (Å²) in [4.78, 5) is 42.7. The number of amides is 2. The van der Waals surface area contributed by atoms with Gasteiger partial charge in [0.05, 0.1) is 18.4 Å². The number of hydrogen-bond acceptors (Lipinski definition) is 7. The molecule has 12 heteroatoms. The summed E-state index contributed by atoms with van der Waals surface area (Å²) >= 11 is 0. The Bertz CT molecular complexity index is 1250. The van der Waals surface area contributed by atoms with Gasteiger partial charge in [-0.05, 0) is 44.9 Å². The number of hydrogen-bond donors (Lipinski definition) is 1. The van der Waals surface area contributed by atoms with E-state index in [9.17, 15) is 9.59 Å². The molecule has 1 aliphatic rings. The van der Waals surface area contributed by atoms with Gasteiger partial charge in [0.25, 0.3) is 5.91 Å². The standard InChI is InChI=1S/C22H25N9O3/c1-22(2,3)34-21(33)31-10-15(28-29-23)9-16(31)11-30-13-26-17-18(24-12-25-19(17)30)27-20(32)14-7-5-4-6-8-14/h4-8,12-13,15-16H,9-11H2,1-3H3,(H,24,25,27,32)/t15-,16+/m0/s1. The number of nitrogens with zero attached hydrogens (tertiary/aromatic N) is 8. The Labute approximate surface area is 195 Å². The van der Waals surface area contributed by atoms with E-state index in [1.165, 1.54) is 6.33 Å². The fourth-order valence-corrected chi connectivity index (χ4v) is 3.87. The molecule has 4 rings (SSSR count). The van der Waals surface area contributed by atoms with Crippen LogP contribution in [0.15, 0.2) is 48.1 Å². The van der Waals surface area contributed by atoms with E-state index in [1.807, 2.05) is 6.07 Å². The van der Waals surface area contributed by atoms with Crippen LogP contribution in [0.25, 0.3) is 21.6 Å². The van der Waals surface area contributed by atoms with Crippen molar-refractivity contribution in [3.05, 3.63) is 59.0 Å². The van der Waals surface area contributed by atoms with E-state index in [2.05, 4.69) is 30.3 Å². The summed E-state index contributed by atoms with van der Waals surface area (Å²) in [6.45, 7) is 6.02. The van der Waals surface area contributed by atoms with E-state index in [0.717, 1.165) is 0 Å². The summed E-state index contributed by atoms with van der Waals surface area (Å²) in [6, 6.07) is 8.15. The normalized spacial score (nSPS) is 17.9. The number of ether oxygens (including phenoxy) is 1. The first-order valence-corrected chi connectivity index (χ1v) is 10.8. The van der Waals surface area contributed by atoms with Crippen LogP contribution in [0.5, 0.6) is 0 Å². The van der Waals surface area contributed by atoms with E-state index in [1.54, 1.807) is 60.8 Å². The number of carbonyl (C=O) groups excluding carboxylic acids is 2. The Kier molecular flexibility index (Phi) is 6.33. The highest BCUT2D eigenvalue weighted by Gasteiger charge is 2.37. The van der Waals surface area contributed by atoms with Gasteiger partial charge in [-0.25, -0.2) is 19.7 Å². The molecule has 3 heterocycles. The minimum absolute atomic E-state index is 0.267. The lowest BCUT2D eigenvalue weighted by Gasteiger charge is -2.28. The van der Waals surface area contributed by atoms with Crippen molar-refractivity contribution < 1.29 is 14.3 Å². The molecule has 1 N–H and O–H groups in total. The average Bonchev–Trinajstić information content (AvgIpc) is 3.39. The van der Waals surface area contributed by atoms with Gasteiger partial charge in [-0.15, -0.1) is 0 Å². The lowest BCUT2D eigenvalue weighted by molar-refractivity contribution is 0.0213. The Morgan fingerprint density at radius 1 is 1.24 bits per heavy atom. The molecule has 176 valence electrons. The molecule has 2 atom stereocenters. The molecule has 2 amide bonds. The first kappa shape index (κ1) is 23.0. The molecule has 0 aliphatic carbocycles. The highest BCUT2D eigenvalue weighted by Crippen LogP contribution is 2.26. The van der Waals surface area contributed by atoms with Gasteiger partial charge in [0, 0.05) is 23.6 Å². The minimum Gasteiger partial charge on any atom is -0.444 e. The molecule has 0 radical (unpaired) electrons. The Morgan fingerprint density at radius 2 is 2.00 bits per heavy atom. The quantitative estimate of drug-likeness (QED) is 0.345. The number of carbonyl (C=O) groups is 2. The summed E-state index contributed by atoms with van der Waals surface area (Å²) in [7, 11) is 0. The topological polar surface area (TPSA) is 151 Å². The molecule has 3 aromatic rings. The highest BCUT2D eigenvalue weighted by atomic mass is 16.6. The zero-order valence-electron chi connectivity index (χ0n) is 19.1. The Morgan fingerprint density at radius 3 is 2.71 bits per heavy atom. The molecular weight excluding hydrogens is 438 g/mol. The van der Waals surface area contributed by atoms with E-state index in [0.29, 0.717) is 35.5 Å². The second-order valence-electron chi connectivity index (χ2n) is 8.99. The zero-order valence-corrected chi connectivity index (χ0v) is 19.1. The number of likely N-dealkylation sites (tertiary alicyclic amines) is 1. The number of aromatic nitrogens is 4. The molecule has 0 spiro atoms. The zero-order chi connectivity index (χ0) is 24.3. The number of imidazole rings is 1. The fourth-order valence-electron chi connectivity index (χ4n) is 3.87. The van der Waals surface area contributed by atoms with Crippen molar-refractivity contribution in [1.82, 2.24) is 24.4 Å². The number of anilines is 1. The lowest BCUT2D eigenvalue weighted by atomic mass is 10.2. The van der Waals surface area contributed by atoms with Gasteiger partial charge in [-0.1, -0.05) is 23.3 Å². The van der Waals surface area contributed by atoms with Gasteiger partial charge in [0.15, 0.2) is 17.0 Å². The Balaban J connectivity index is 1.57. The largest absolute Gasteiger partial charge is 0.444 e. The van der Waals surface area contributed by atoms with Gasteiger partial charge < -0.3 is 19.5 Å². The Hall–Kier alpha value is -4.18. The van der Waals surface area contributed by atoms with Crippen LogP contribution in [-0.4, -0.2) is 60.6 Å². The number of nitrogens with one attached hydrogen (secondary N) is 1. The first-order valence-electron chi connectivity index (χ1n) is 10.8. The van der Waals surface area contributed by atoms with Gasteiger partial charge in [-0.3, -0.25) is 4.79 Å². The molecule has 1 aliphatic heterocycles. The van der Waals surface area contributed by atoms with Crippen LogP contribution in [0.2, 0.25) is 0 Å². The molecule has 2 aromatic heterocycles. The van der Waals surface area contributed by atoms with Crippen LogP contribution < -0.4 is 5.32 Å². The van der Waals surface area contributed by atoms with E-state index in [4.69, 9.17) is 10.3 Å². The highest BCUT2D eigenvalue weighted by molar-refractivity contribution is 6.06. The second-order valence-corrected chi connectivity index (χ2v) is 8.99. The summed E-state index contributed by atoms with van der Waals surface area (Å²) in [5, 5.41) is 6.58. The second kappa shape index (κ2) is 9.36. The smallest absolute Gasteiger partial charge is 0.410 e. The third-order valence-corrected chi connectivity index (χ3v) is 5.31. The predicted molar refractivity (Wildman–Crippen MR) is 124 cm³/mol. The van der Waals surface area contributed by atoms with Crippen molar-refractivity contribution in [2.24, 2.45) is 5.11 Å². The molecule has 1 aromatic carbocycles. The number of azide groups is 1. The number of benzene rings is 1.